The Morgan fingerprint density at radius 3 is 2.42 bits per heavy atom. The van der Waals surface area contributed by atoms with Gasteiger partial charge in [0.05, 0.1) is 6.10 Å². The van der Waals surface area contributed by atoms with Crippen LogP contribution in [0.5, 0.6) is 5.75 Å². The summed E-state index contributed by atoms with van der Waals surface area (Å²) in [5, 5.41) is 18.4. The zero-order valence-corrected chi connectivity index (χ0v) is 7.00. The summed E-state index contributed by atoms with van der Waals surface area (Å²) in [7, 11) is 0. The van der Waals surface area contributed by atoms with E-state index in [2.05, 4.69) is 0 Å². The van der Waals surface area contributed by atoms with E-state index in [4.69, 9.17) is 0 Å². The minimum atomic E-state index is -0.847. The molecule has 12 heavy (non-hydrogen) atoms. The van der Waals surface area contributed by atoms with E-state index in [-0.39, 0.29) is 11.3 Å². The molecule has 3 heteroatoms. The van der Waals surface area contributed by atoms with Crippen molar-refractivity contribution in [3.63, 3.8) is 0 Å². The third kappa shape index (κ3) is 1.41. The van der Waals surface area contributed by atoms with Crippen molar-refractivity contribution in [1.29, 1.82) is 0 Å². The normalized spacial score (nSPS) is 13.0. The van der Waals surface area contributed by atoms with E-state index < -0.39 is 11.9 Å². The zero-order valence-electron chi connectivity index (χ0n) is 7.00. The van der Waals surface area contributed by atoms with Crippen LogP contribution in [0, 0.1) is 12.7 Å². The van der Waals surface area contributed by atoms with Gasteiger partial charge in [0.1, 0.15) is 11.6 Å². The molecule has 2 nitrogen and oxygen atoms in total. The lowest BCUT2D eigenvalue weighted by molar-refractivity contribution is 0.193. The van der Waals surface area contributed by atoms with Crippen molar-refractivity contribution < 1.29 is 14.6 Å². The highest BCUT2D eigenvalue weighted by Crippen LogP contribution is 2.28. The zero-order chi connectivity index (χ0) is 9.30. The van der Waals surface area contributed by atoms with Gasteiger partial charge in [-0.1, -0.05) is 0 Å². The summed E-state index contributed by atoms with van der Waals surface area (Å²) < 4.78 is 12.9. The molecular formula is C9H11FO2. The molecule has 0 bridgehead atoms. The monoisotopic (exact) mass is 170 g/mol. The Bertz CT molecular complexity index is 295. The van der Waals surface area contributed by atoms with Crippen molar-refractivity contribution in [3.8, 4) is 5.75 Å². The molecule has 66 valence electrons. The number of hydrogen-bond donors (Lipinski definition) is 2. The minimum absolute atomic E-state index is 0.0658. The maximum absolute atomic E-state index is 12.9. The first-order chi connectivity index (χ1) is 5.54. The number of rotatable bonds is 1. The van der Waals surface area contributed by atoms with Gasteiger partial charge in [0, 0.05) is 5.56 Å². The molecule has 0 spiro atoms. The number of aliphatic hydroxyl groups is 1. The van der Waals surface area contributed by atoms with Gasteiger partial charge >= 0.3 is 0 Å². The van der Waals surface area contributed by atoms with Crippen LogP contribution in [0.4, 0.5) is 4.39 Å². The summed E-state index contributed by atoms with van der Waals surface area (Å²) in [6, 6.07) is 2.42. The van der Waals surface area contributed by atoms with E-state index in [1.807, 2.05) is 0 Å². The fraction of sp³-hybridized carbons (Fsp3) is 0.333. The quantitative estimate of drug-likeness (QED) is 0.675. The van der Waals surface area contributed by atoms with Gasteiger partial charge < -0.3 is 10.2 Å². The predicted octanol–water partition coefficient (Wildman–Crippen LogP) is 1.89. The summed E-state index contributed by atoms with van der Waals surface area (Å²) >= 11 is 0. The molecule has 0 heterocycles. The molecule has 0 saturated carbocycles. The van der Waals surface area contributed by atoms with Crippen LogP contribution < -0.4 is 0 Å². The van der Waals surface area contributed by atoms with Gasteiger partial charge in [-0.05, 0) is 31.5 Å². The number of phenolic OH excluding ortho intramolecular Hbond substituents is 1. The van der Waals surface area contributed by atoms with Gasteiger partial charge in [0.2, 0.25) is 0 Å². The first-order valence-corrected chi connectivity index (χ1v) is 3.70. The number of aromatic hydroxyl groups is 1. The van der Waals surface area contributed by atoms with Crippen LogP contribution in [0.1, 0.15) is 24.2 Å². The molecule has 0 aliphatic rings. The van der Waals surface area contributed by atoms with E-state index in [9.17, 15) is 14.6 Å². The highest BCUT2D eigenvalue weighted by atomic mass is 19.1. The van der Waals surface area contributed by atoms with E-state index in [0.717, 1.165) is 0 Å². The third-order valence-corrected chi connectivity index (χ3v) is 1.84. The molecule has 2 N–H and O–H groups in total. The topological polar surface area (TPSA) is 40.5 Å². The number of aliphatic hydroxyl groups excluding tert-OH is 1. The Labute approximate surface area is 70.3 Å². The number of benzene rings is 1. The van der Waals surface area contributed by atoms with Crippen LogP contribution in [0.25, 0.3) is 0 Å². The minimum Gasteiger partial charge on any atom is -0.508 e. The lowest BCUT2D eigenvalue weighted by Gasteiger charge is -2.11. The first kappa shape index (κ1) is 9.00. The SMILES string of the molecule is Cc1c(F)ccc(O)c1C(C)O. The molecule has 1 rings (SSSR count). The Hall–Kier alpha value is -1.09. The molecule has 0 aliphatic carbocycles. The van der Waals surface area contributed by atoms with Gasteiger partial charge in [0.15, 0.2) is 0 Å². The summed E-state index contributed by atoms with van der Waals surface area (Å²) in [6.45, 7) is 3.01. The highest BCUT2D eigenvalue weighted by molar-refractivity contribution is 5.40. The van der Waals surface area contributed by atoms with E-state index in [0.29, 0.717) is 5.56 Å². The van der Waals surface area contributed by atoms with Gasteiger partial charge in [-0.2, -0.15) is 0 Å². The molecular weight excluding hydrogens is 159 g/mol. The van der Waals surface area contributed by atoms with E-state index >= 15 is 0 Å². The Morgan fingerprint density at radius 1 is 1.42 bits per heavy atom. The summed E-state index contributed by atoms with van der Waals surface area (Å²) in [5.74, 6) is -0.479. The Morgan fingerprint density at radius 2 is 2.00 bits per heavy atom. The van der Waals surface area contributed by atoms with Gasteiger partial charge in [0.25, 0.3) is 0 Å². The standard InChI is InChI=1S/C9H11FO2/c1-5-7(10)3-4-8(12)9(5)6(2)11/h3-4,6,11-12H,1-2H3. The molecule has 0 saturated heterocycles. The van der Waals surface area contributed by atoms with Crippen LogP contribution in [0.15, 0.2) is 12.1 Å². The van der Waals surface area contributed by atoms with Crippen LogP contribution >= 0.6 is 0 Å². The predicted molar refractivity (Wildman–Crippen MR) is 43.4 cm³/mol. The number of hydrogen-bond acceptors (Lipinski definition) is 2. The Balaban J connectivity index is 3.33. The van der Waals surface area contributed by atoms with Crippen molar-refractivity contribution in [1.82, 2.24) is 0 Å². The molecule has 1 aromatic rings. The molecule has 0 radical (unpaired) electrons. The average Bonchev–Trinajstić information content (AvgIpc) is 1.97. The molecule has 0 aromatic heterocycles. The second-order valence-corrected chi connectivity index (χ2v) is 2.78. The molecule has 1 aromatic carbocycles. The van der Waals surface area contributed by atoms with Crippen LogP contribution in [0.2, 0.25) is 0 Å². The maximum Gasteiger partial charge on any atom is 0.126 e. The molecule has 0 fully saturated rings. The average molecular weight is 170 g/mol. The molecule has 1 atom stereocenters. The lowest BCUT2D eigenvalue weighted by atomic mass is 10.0. The summed E-state index contributed by atoms with van der Waals surface area (Å²) in [6.07, 6.45) is -0.847. The maximum atomic E-state index is 12.9. The van der Waals surface area contributed by atoms with Crippen molar-refractivity contribution in [2.75, 3.05) is 0 Å². The largest absolute Gasteiger partial charge is 0.508 e. The molecule has 0 amide bonds. The van der Waals surface area contributed by atoms with Crippen LogP contribution in [-0.2, 0) is 0 Å². The highest BCUT2D eigenvalue weighted by Gasteiger charge is 2.13. The Kier molecular flexibility index (Phi) is 2.33. The second-order valence-electron chi connectivity index (χ2n) is 2.78. The van der Waals surface area contributed by atoms with Gasteiger partial charge in [-0.25, -0.2) is 4.39 Å². The van der Waals surface area contributed by atoms with Crippen LogP contribution in [0.3, 0.4) is 0 Å². The lowest BCUT2D eigenvalue weighted by Crippen LogP contribution is -1.97. The van der Waals surface area contributed by atoms with Crippen molar-refractivity contribution in [3.05, 3.63) is 29.1 Å². The summed E-state index contributed by atoms with van der Waals surface area (Å²) in [4.78, 5) is 0. The first-order valence-electron chi connectivity index (χ1n) is 3.70. The smallest absolute Gasteiger partial charge is 0.126 e. The molecule has 1 unspecified atom stereocenters. The summed E-state index contributed by atoms with van der Waals surface area (Å²) in [5.41, 5.74) is 0.556. The number of phenols is 1. The fourth-order valence-corrected chi connectivity index (χ4v) is 1.21. The fourth-order valence-electron chi connectivity index (χ4n) is 1.21. The van der Waals surface area contributed by atoms with E-state index in [1.54, 1.807) is 0 Å². The van der Waals surface area contributed by atoms with Crippen molar-refractivity contribution in [2.45, 2.75) is 20.0 Å². The van der Waals surface area contributed by atoms with Crippen molar-refractivity contribution >= 4 is 0 Å². The van der Waals surface area contributed by atoms with Crippen molar-refractivity contribution in [2.24, 2.45) is 0 Å². The van der Waals surface area contributed by atoms with E-state index in [1.165, 1.54) is 26.0 Å². The van der Waals surface area contributed by atoms with Gasteiger partial charge in [-0.15, -0.1) is 0 Å². The second kappa shape index (κ2) is 3.11. The van der Waals surface area contributed by atoms with Crippen LogP contribution in [-0.4, -0.2) is 10.2 Å². The molecule has 0 aliphatic heterocycles. The van der Waals surface area contributed by atoms with Gasteiger partial charge in [-0.3, -0.25) is 0 Å². The third-order valence-electron chi connectivity index (χ3n) is 1.84. The number of halogens is 1.